The van der Waals surface area contributed by atoms with Gasteiger partial charge in [0.05, 0.1) is 19.3 Å². The summed E-state index contributed by atoms with van der Waals surface area (Å²) >= 11 is 0. The number of benzene rings is 1. The number of carbonyl (C=O) groups excluding carboxylic acids is 1. The Balaban J connectivity index is 1.43. The maximum atomic E-state index is 12.6. The van der Waals surface area contributed by atoms with Crippen LogP contribution in [0, 0.1) is 5.92 Å². The molecule has 2 aliphatic heterocycles. The van der Waals surface area contributed by atoms with Gasteiger partial charge in [-0.25, -0.2) is 0 Å². The summed E-state index contributed by atoms with van der Waals surface area (Å²) in [6.45, 7) is 2.22. The van der Waals surface area contributed by atoms with Gasteiger partial charge in [0.1, 0.15) is 13.2 Å². The number of rotatable bonds is 4. The summed E-state index contributed by atoms with van der Waals surface area (Å²) in [5.74, 6) is 1.44. The minimum atomic E-state index is -0.118. The third-order valence-corrected chi connectivity index (χ3v) is 4.57. The van der Waals surface area contributed by atoms with Crippen LogP contribution >= 0.6 is 0 Å². The molecule has 4 rings (SSSR count). The summed E-state index contributed by atoms with van der Waals surface area (Å²) in [6.07, 6.45) is 4.43. The highest BCUT2D eigenvalue weighted by Crippen LogP contribution is 2.31. The molecular weight excluding hydrogens is 320 g/mol. The number of aromatic nitrogens is 1. The van der Waals surface area contributed by atoms with Crippen molar-refractivity contribution >= 4 is 5.91 Å². The Morgan fingerprint density at radius 2 is 1.88 bits per heavy atom. The monoisotopic (exact) mass is 340 g/mol. The Bertz CT molecular complexity index is 750. The van der Waals surface area contributed by atoms with E-state index >= 15 is 0 Å². The maximum Gasteiger partial charge on any atom is 0.251 e. The molecule has 1 N–H and O–H groups in total. The lowest BCUT2D eigenvalue weighted by Crippen LogP contribution is -2.40. The zero-order valence-corrected chi connectivity index (χ0v) is 13.8. The third kappa shape index (κ3) is 3.58. The van der Waals surface area contributed by atoms with Crippen LogP contribution in [-0.4, -0.2) is 43.4 Å². The highest BCUT2D eigenvalue weighted by atomic mass is 16.6. The minimum Gasteiger partial charge on any atom is -0.486 e. The van der Waals surface area contributed by atoms with Crippen molar-refractivity contribution in [1.29, 1.82) is 0 Å². The molecule has 0 spiro atoms. The Labute approximate surface area is 146 Å². The second kappa shape index (κ2) is 7.11. The Morgan fingerprint density at radius 3 is 2.72 bits per heavy atom. The second-order valence-corrected chi connectivity index (χ2v) is 6.30. The van der Waals surface area contributed by atoms with Gasteiger partial charge in [-0.1, -0.05) is 0 Å². The van der Waals surface area contributed by atoms with Crippen LogP contribution in [-0.2, 0) is 11.2 Å². The number of nitrogens with one attached hydrogen (secondary N) is 1. The van der Waals surface area contributed by atoms with Crippen LogP contribution in [0.3, 0.4) is 0 Å². The highest BCUT2D eigenvalue weighted by molar-refractivity contribution is 5.95. The van der Waals surface area contributed by atoms with Crippen molar-refractivity contribution in [3.05, 3.63) is 53.9 Å². The zero-order chi connectivity index (χ0) is 17.1. The van der Waals surface area contributed by atoms with Gasteiger partial charge in [-0.3, -0.25) is 9.78 Å². The molecule has 130 valence electrons. The van der Waals surface area contributed by atoms with E-state index in [-0.39, 0.29) is 17.9 Å². The number of pyridine rings is 1. The molecule has 1 saturated heterocycles. The third-order valence-electron chi connectivity index (χ3n) is 4.57. The van der Waals surface area contributed by atoms with Gasteiger partial charge < -0.3 is 19.5 Å². The van der Waals surface area contributed by atoms with Crippen molar-refractivity contribution in [2.24, 2.45) is 5.92 Å². The molecule has 0 bridgehead atoms. The molecule has 1 amide bonds. The quantitative estimate of drug-likeness (QED) is 0.920. The average Bonchev–Trinajstić information content (AvgIpc) is 3.08. The maximum absolute atomic E-state index is 12.6. The van der Waals surface area contributed by atoms with Gasteiger partial charge in [-0.2, -0.15) is 0 Å². The number of amides is 1. The van der Waals surface area contributed by atoms with E-state index < -0.39 is 0 Å². The van der Waals surface area contributed by atoms with Crippen molar-refractivity contribution in [1.82, 2.24) is 10.3 Å². The molecule has 0 aliphatic carbocycles. The van der Waals surface area contributed by atoms with Gasteiger partial charge in [0, 0.05) is 23.9 Å². The van der Waals surface area contributed by atoms with E-state index in [0.717, 1.165) is 6.42 Å². The molecule has 0 radical (unpaired) electrons. The summed E-state index contributed by atoms with van der Waals surface area (Å²) < 4.78 is 16.6. The lowest BCUT2D eigenvalue weighted by Gasteiger charge is -2.21. The molecule has 6 nitrogen and oxygen atoms in total. The summed E-state index contributed by atoms with van der Waals surface area (Å²) in [6, 6.07) is 9.27. The molecule has 1 aromatic heterocycles. The van der Waals surface area contributed by atoms with Crippen LogP contribution in [0.1, 0.15) is 15.9 Å². The molecule has 6 heteroatoms. The van der Waals surface area contributed by atoms with E-state index in [1.54, 1.807) is 30.6 Å². The van der Waals surface area contributed by atoms with Crippen LogP contribution in [0.15, 0.2) is 42.7 Å². The fourth-order valence-electron chi connectivity index (χ4n) is 3.22. The normalized spacial score (nSPS) is 21.8. The van der Waals surface area contributed by atoms with E-state index in [4.69, 9.17) is 14.2 Å². The number of carbonyl (C=O) groups is 1. The van der Waals surface area contributed by atoms with Gasteiger partial charge in [0.15, 0.2) is 11.5 Å². The molecule has 2 aliphatic rings. The first-order chi connectivity index (χ1) is 12.3. The van der Waals surface area contributed by atoms with Crippen molar-refractivity contribution in [3.8, 4) is 11.5 Å². The molecule has 0 saturated carbocycles. The van der Waals surface area contributed by atoms with E-state index in [2.05, 4.69) is 10.3 Å². The summed E-state index contributed by atoms with van der Waals surface area (Å²) in [4.78, 5) is 16.7. The van der Waals surface area contributed by atoms with Crippen LogP contribution in [0.4, 0.5) is 0 Å². The predicted molar refractivity (Wildman–Crippen MR) is 90.9 cm³/mol. The molecule has 2 atom stereocenters. The van der Waals surface area contributed by atoms with Crippen LogP contribution in [0.25, 0.3) is 0 Å². The second-order valence-electron chi connectivity index (χ2n) is 6.30. The Hall–Kier alpha value is -2.60. The van der Waals surface area contributed by atoms with Crippen molar-refractivity contribution in [2.45, 2.75) is 12.5 Å². The van der Waals surface area contributed by atoms with Gasteiger partial charge in [0.25, 0.3) is 5.91 Å². The van der Waals surface area contributed by atoms with Gasteiger partial charge >= 0.3 is 0 Å². The number of hydrogen-bond acceptors (Lipinski definition) is 5. The first-order valence-corrected chi connectivity index (χ1v) is 8.47. The molecule has 3 heterocycles. The number of hydrogen-bond donors (Lipinski definition) is 1. The summed E-state index contributed by atoms with van der Waals surface area (Å²) in [5.41, 5.74) is 1.77. The molecular formula is C19H20N2O4. The lowest BCUT2D eigenvalue weighted by atomic mass is 9.95. The fourth-order valence-corrected chi connectivity index (χ4v) is 3.22. The molecule has 25 heavy (non-hydrogen) atoms. The van der Waals surface area contributed by atoms with E-state index in [1.165, 1.54) is 5.56 Å². The SMILES string of the molecule is O=C(N[C@H]1COC[C@H]1Cc1ccncc1)c1ccc2c(c1)OCCO2. The largest absolute Gasteiger partial charge is 0.486 e. The average molecular weight is 340 g/mol. The fraction of sp³-hybridized carbons (Fsp3) is 0.368. The number of ether oxygens (including phenoxy) is 3. The van der Waals surface area contributed by atoms with Crippen molar-refractivity contribution in [2.75, 3.05) is 26.4 Å². The highest BCUT2D eigenvalue weighted by Gasteiger charge is 2.30. The van der Waals surface area contributed by atoms with Crippen LogP contribution < -0.4 is 14.8 Å². The number of nitrogens with zero attached hydrogens (tertiary/aromatic N) is 1. The van der Waals surface area contributed by atoms with Gasteiger partial charge in [-0.05, 0) is 42.3 Å². The lowest BCUT2D eigenvalue weighted by molar-refractivity contribution is 0.0924. The Kier molecular flexibility index (Phi) is 4.52. The molecule has 1 aromatic carbocycles. The summed E-state index contributed by atoms with van der Waals surface area (Å²) in [5, 5.41) is 3.10. The van der Waals surface area contributed by atoms with Crippen molar-refractivity contribution in [3.63, 3.8) is 0 Å². The standard InChI is InChI=1S/C19H20N2O4/c22-19(14-1-2-17-18(10-14)25-8-7-24-17)21-16-12-23-11-15(16)9-13-3-5-20-6-4-13/h1-6,10,15-16H,7-9,11-12H2,(H,21,22)/t15-,16+/m1/s1. The molecule has 2 aromatic rings. The van der Waals surface area contributed by atoms with E-state index in [0.29, 0.717) is 43.5 Å². The van der Waals surface area contributed by atoms with Crippen LogP contribution in [0.5, 0.6) is 11.5 Å². The Morgan fingerprint density at radius 1 is 1.08 bits per heavy atom. The topological polar surface area (TPSA) is 69.7 Å². The zero-order valence-electron chi connectivity index (χ0n) is 13.8. The molecule has 1 fully saturated rings. The molecule has 0 unspecified atom stereocenters. The summed E-state index contributed by atoms with van der Waals surface area (Å²) in [7, 11) is 0. The minimum absolute atomic E-state index is 0.00568. The van der Waals surface area contributed by atoms with Gasteiger partial charge in [0.2, 0.25) is 0 Å². The predicted octanol–water partition coefficient (Wildman–Crippen LogP) is 1.84. The van der Waals surface area contributed by atoms with Gasteiger partial charge in [-0.15, -0.1) is 0 Å². The van der Waals surface area contributed by atoms with Crippen LogP contribution in [0.2, 0.25) is 0 Å². The smallest absolute Gasteiger partial charge is 0.251 e. The number of fused-ring (bicyclic) bond motifs is 1. The van der Waals surface area contributed by atoms with E-state index in [9.17, 15) is 4.79 Å². The first kappa shape index (κ1) is 15.9. The van der Waals surface area contributed by atoms with Crippen molar-refractivity contribution < 1.29 is 19.0 Å². The van der Waals surface area contributed by atoms with E-state index in [1.807, 2.05) is 12.1 Å². The first-order valence-electron chi connectivity index (χ1n) is 8.47.